The highest BCUT2D eigenvalue weighted by Gasteiger charge is 2.33. The summed E-state index contributed by atoms with van der Waals surface area (Å²) >= 11 is 1.60. The van der Waals surface area contributed by atoms with Gasteiger partial charge in [-0.05, 0) is 25.0 Å². The van der Waals surface area contributed by atoms with Gasteiger partial charge in [-0.2, -0.15) is 11.8 Å². The van der Waals surface area contributed by atoms with E-state index >= 15 is 0 Å². The van der Waals surface area contributed by atoms with Gasteiger partial charge in [0.05, 0.1) is 5.75 Å². The Morgan fingerprint density at radius 3 is 2.88 bits per heavy atom. The van der Waals surface area contributed by atoms with Crippen molar-refractivity contribution < 1.29 is 14.7 Å². The molecule has 92 valence electrons. The summed E-state index contributed by atoms with van der Waals surface area (Å²) in [6.45, 7) is 2.72. The van der Waals surface area contributed by atoms with E-state index in [-0.39, 0.29) is 5.91 Å². The van der Waals surface area contributed by atoms with Crippen LogP contribution in [0, 0.1) is 0 Å². The minimum Gasteiger partial charge on any atom is -0.480 e. The van der Waals surface area contributed by atoms with Crippen molar-refractivity contribution in [1.29, 1.82) is 0 Å². The van der Waals surface area contributed by atoms with Gasteiger partial charge in [-0.3, -0.25) is 4.79 Å². The van der Waals surface area contributed by atoms with Crippen LogP contribution in [-0.4, -0.2) is 46.0 Å². The van der Waals surface area contributed by atoms with Gasteiger partial charge in [0.1, 0.15) is 6.04 Å². The third-order valence-corrected chi connectivity index (χ3v) is 3.75. The zero-order valence-electron chi connectivity index (χ0n) is 9.65. The first-order valence-electron chi connectivity index (χ1n) is 5.76. The molecule has 5 heteroatoms. The van der Waals surface area contributed by atoms with Crippen molar-refractivity contribution in [1.82, 2.24) is 4.90 Å². The lowest BCUT2D eigenvalue weighted by Gasteiger charge is -2.21. The molecule has 0 unspecified atom stereocenters. The van der Waals surface area contributed by atoms with Crippen molar-refractivity contribution >= 4 is 23.6 Å². The molecule has 16 heavy (non-hydrogen) atoms. The summed E-state index contributed by atoms with van der Waals surface area (Å²) in [7, 11) is 0. The molecule has 1 heterocycles. The van der Waals surface area contributed by atoms with Crippen LogP contribution < -0.4 is 0 Å². The highest BCUT2D eigenvalue weighted by molar-refractivity contribution is 7.99. The van der Waals surface area contributed by atoms with Crippen LogP contribution in [0.3, 0.4) is 0 Å². The number of rotatable bonds is 6. The maximum absolute atomic E-state index is 11.8. The first-order chi connectivity index (χ1) is 7.66. The summed E-state index contributed by atoms with van der Waals surface area (Å²) in [5.74, 6) is 0.507. The molecular weight excluding hydrogens is 226 g/mol. The SMILES string of the molecule is CCCCSCC(=O)N1CCC[C@H]1C(=O)O. The van der Waals surface area contributed by atoms with Crippen molar-refractivity contribution in [2.45, 2.75) is 38.6 Å². The van der Waals surface area contributed by atoms with Crippen LogP contribution in [0.4, 0.5) is 0 Å². The Balaban J connectivity index is 2.32. The molecule has 1 fully saturated rings. The van der Waals surface area contributed by atoms with Gasteiger partial charge < -0.3 is 10.0 Å². The van der Waals surface area contributed by atoms with E-state index < -0.39 is 12.0 Å². The van der Waals surface area contributed by atoms with E-state index in [0.29, 0.717) is 18.7 Å². The molecule has 0 aromatic heterocycles. The Bertz CT molecular complexity index is 258. The van der Waals surface area contributed by atoms with Crippen LogP contribution in [0.15, 0.2) is 0 Å². The molecule has 0 aromatic carbocycles. The van der Waals surface area contributed by atoms with Gasteiger partial charge in [-0.25, -0.2) is 4.79 Å². The summed E-state index contributed by atoms with van der Waals surface area (Å²) < 4.78 is 0. The quantitative estimate of drug-likeness (QED) is 0.722. The summed E-state index contributed by atoms with van der Waals surface area (Å²) in [4.78, 5) is 24.2. The standard InChI is InChI=1S/C11H19NO3S/c1-2-3-7-16-8-10(13)12-6-4-5-9(12)11(14)15/h9H,2-8H2,1H3,(H,14,15)/t9-/m0/s1. The van der Waals surface area contributed by atoms with Gasteiger partial charge >= 0.3 is 5.97 Å². The number of carbonyl (C=O) groups excluding carboxylic acids is 1. The zero-order chi connectivity index (χ0) is 12.0. The van der Waals surface area contributed by atoms with Crippen molar-refractivity contribution in [2.75, 3.05) is 18.1 Å². The molecule has 1 saturated heterocycles. The van der Waals surface area contributed by atoms with Crippen LogP contribution in [0.5, 0.6) is 0 Å². The van der Waals surface area contributed by atoms with Gasteiger partial charge in [-0.1, -0.05) is 13.3 Å². The van der Waals surface area contributed by atoms with Gasteiger partial charge in [0.25, 0.3) is 0 Å². The zero-order valence-corrected chi connectivity index (χ0v) is 10.5. The van der Waals surface area contributed by atoms with E-state index in [2.05, 4.69) is 6.92 Å². The minimum atomic E-state index is -0.871. The molecule has 0 aromatic rings. The predicted octanol–water partition coefficient (Wildman–Crippen LogP) is 1.60. The van der Waals surface area contributed by atoms with Crippen LogP contribution >= 0.6 is 11.8 Å². The lowest BCUT2D eigenvalue weighted by atomic mass is 10.2. The lowest BCUT2D eigenvalue weighted by Crippen LogP contribution is -2.41. The van der Waals surface area contributed by atoms with Crippen molar-refractivity contribution in [3.8, 4) is 0 Å². The molecular formula is C11H19NO3S. The molecule has 4 nitrogen and oxygen atoms in total. The predicted molar refractivity (Wildman–Crippen MR) is 64.6 cm³/mol. The number of unbranched alkanes of at least 4 members (excludes halogenated alkanes) is 1. The summed E-state index contributed by atoms with van der Waals surface area (Å²) in [5.41, 5.74) is 0. The molecule has 1 aliphatic rings. The van der Waals surface area contributed by atoms with Crippen LogP contribution in [0.1, 0.15) is 32.6 Å². The second-order valence-electron chi connectivity index (χ2n) is 3.99. The normalized spacial score (nSPS) is 20.1. The number of aliphatic carboxylic acids is 1. The molecule has 0 saturated carbocycles. The number of hydrogen-bond donors (Lipinski definition) is 1. The smallest absolute Gasteiger partial charge is 0.326 e. The van der Waals surface area contributed by atoms with Crippen molar-refractivity contribution in [3.05, 3.63) is 0 Å². The van der Waals surface area contributed by atoms with E-state index in [0.717, 1.165) is 25.0 Å². The Morgan fingerprint density at radius 2 is 2.25 bits per heavy atom. The Morgan fingerprint density at radius 1 is 1.50 bits per heavy atom. The lowest BCUT2D eigenvalue weighted by molar-refractivity contribution is -0.147. The fraction of sp³-hybridized carbons (Fsp3) is 0.818. The molecule has 1 amide bonds. The number of amides is 1. The first kappa shape index (κ1) is 13.4. The second kappa shape index (κ2) is 6.78. The monoisotopic (exact) mass is 245 g/mol. The van der Waals surface area contributed by atoms with E-state index in [9.17, 15) is 9.59 Å². The third-order valence-electron chi connectivity index (χ3n) is 2.73. The topological polar surface area (TPSA) is 57.6 Å². The summed E-state index contributed by atoms with van der Waals surface area (Å²) in [6.07, 6.45) is 3.64. The first-order valence-corrected chi connectivity index (χ1v) is 6.92. The maximum Gasteiger partial charge on any atom is 0.326 e. The van der Waals surface area contributed by atoms with Crippen LogP contribution in [0.2, 0.25) is 0 Å². The van der Waals surface area contributed by atoms with Crippen molar-refractivity contribution in [3.63, 3.8) is 0 Å². The number of carboxylic acids is 1. The highest BCUT2D eigenvalue weighted by Crippen LogP contribution is 2.19. The van der Waals surface area contributed by atoms with E-state index in [1.54, 1.807) is 11.8 Å². The number of likely N-dealkylation sites (tertiary alicyclic amines) is 1. The van der Waals surface area contributed by atoms with Crippen molar-refractivity contribution in [2.24, 2.45) is 0 Å². The van der Waals surface area contributed by atoms with E-state index in [1.165, 1.54) is 4.90 Å². The number of nitrogens with zero attached hydrogens (tertiary/aromatic N) is 1. The summed E-state index contributed by atoms with van der Waals surface area (Å²) in [5, 5.41) is 8.94. The Kier molecular flexibility index (Phi) is 5.66. The third kappa shape index (κ3) is 3.70. The van der Waals surface area contributed by atoms with Gasteiger partial charge in [0, 0.05) is 6.54 Å². The van der Waals surface area contributed by atoms with Gasteiger partial charge in [0.2, 0.25) is 5.91 Å². The molecule has 1 aliphatic heterocycles. The Hall–Kier alpha value is -0.710. The average molecular weight is 245 g/mol. The number of carbonyl (C=O) groups is 2. The molecule has 1 N–H and O–H groups in total. The molecule has 0 radical (unpaired) electrons. The van der Waals surface area contributed by atoms with Gasteiger partial charge in [-0.15, -0.1) is 0 Å². The number of hydrogen-bond acceptors (Lipinski definition) is 3. The maximum atomic E-state index is 11.8. The molecule has 0 spiro atoms. The van der Waals surface area contributed by atoms with E-state index in [1.807, 2.05) is 0 Å². The largest absolute Gasteiger partial charge is 0.480 e. The average Bonchev–Trinajstić information content (AvgIpc) is 2.73. The fourth-order valence-electron chi connectivity index (χ4n) is 1.81. The van der Waals surface area contributed by atoms with Crippen LogP contribution in [0.25, 0.3) is 0 Å². The molecule has 0 aliphatic carbocycles. The second-order valence-corrected chi connectivity index (χ2v) is 5.09. The van der Waals surface area contributed by atoms with E-state index in [4.69, 9.17) is 5.11 Å². The fourth-order valence-corrected chi connectivity index (χ4v) is 2.79. The molecule has 1 atom stereocenters. The molecule has 0 bridgehead atoms. The van der Waals surface area contributed by atoms with Gasteiger partial charge in [0.15, 0.2) is 0 Å². The highest BCUT2D eigenvalue weighted by atomic mass is 32.2. The Labute approximate surface area is 100 Å². The number of thioether (sulfide) groups is 1. The minimum absolute atomic E-state index is 0.0222. The number of carboxylic acid groups (broad SMARTS) is 1. The molecule has 1 rings (SSSR count). The van der Waals surface area contributed by atoms with Crippen LogP contribution in [-0.2, 0) is 9.59 Å². The summed E-state index contributed by atoms with van der Waals surface area (Å²) in [6, 6.07) is -0.584.